The molecule has 1 aromatic carbocycles. The largest absolute Gasteiger partial charge is 0.308 e. The Labute approximate surface area is 172 Å². The van der Waals surface area contributed by atoms with Crippen LogP contribution in [0.4, 0.5) is 5.82 Å². The minimum absolute atomic E-state index is 0.216. The van der Waals surface area contributed by atoms with Crippen LogP contribution in [0.1, 0.15) is 18.1 Å². The van der Waals surface area contributed by atoms with Crippen molar-refractivity contribution < 1.29 is 4.79 Å². The molecule has 2 aromatic heterocycles. The summed E-state index contributed by atoms with van der Waals surface area (Å²) in [6, 6.07) is 7.77. The molecule has 0 radical (unpaired) electrons. The van der Waals surface area contributed by atoms with Gasteiger partial charge in [0.25, 0.3) is 0 Å². The first-order valence-electron chi connectivity index (χ1n) is 8.24. The highest BCUT2D eigenvalue weighted by molar-refractivity contribution is 8.00. The molecule has 8 heteroatoms. The van der Waals surface area contributed by atoms with Gasteiger partial charge in [0.1, 0.15) is 0 Å². The van der Waals surface area contributed by atoms with Crippen LogP contribution in [0.3, 0.4) is 0 Å². The highest BCUT2D eigenvalue weighted by atomic mass is 35.5. The van der Waals surface area contributed by atoms with Crippen molar-refractivity contribution in [2.75, 3.05) is 5.32 Å². The number of nitrogens with one attached hydrogen (secondary N) is 1. The Kier molecular flexibility index (Phi) is 6.09. The van der Waals surface area contributed by atoms with Crippen molar-refractivity contribution in [3.8, 4) is 5.69 Å². The molecule has 27 heavy (non-hydrogen) atoms. The lowest BCUT2D eigenvalue weighted by molar-refractivity contribution is -0.115. The second-order valence-electron chi connectivity index (χ2n) is 6.10. The van der Waals surface area contributed by atoms with Crippen LogP contribution in [0.25, 0.3) is 5.69 Å². The van der Waals surface area contributed by atoms with E-state index < -0.39 is 5.25 Å². The molecule has 1 unspecified atom stereocenters. The molecule has 0 aliphatic heterocycles. The summed E-state index contributed by atoms with van der Waals surface area (Å²) in [7, 11) is 0. The topological polar surface area (TPSA) is 59.8 Å². The van der Waals surface area contributed by atoms with E-state index in [1.54, 1.807) is 6.20 Å². The zero-order chi connectivity index (χ0) is 19.6. The van der Waals surface area contributed by atoms with Crippen molar-refractivity contribution in [2.24, 2.45) is 0 Å². The van der Waals surface area contributed by atoms with Crippen LogP contribution in [0, 0.1) is 13.8 Å². The van der Waals surface area contributed by atoms with Gasteiger partial charge in [0, 0.05) is 18.6 Å². The summed E-state index contributed by atoms with van der Waals surface area (Å²) in [6.45, 7) is 5.93. The molecule has 3 rings (SSSR count). The zero-order valence-electron chi connectivity index (χ0n) is 15.0. The van der Waals surface area contributed by atoms with Crippen LogP contribution in [0.15, 0.2) is 48.0 Å². The van der Waals surface area contributed by atoms with Gasteiger partial charge in [-0.3, -0.25) is 9.36 Å². The van der Waals surface area contributed by atoms with Gasteiger partial charge in [0.2, 0.25) is 5.91 Å². The van der Waals surface area contributed by atoms with Gasteiger partial charge in [0.05, 0.1) is 21.0 Å². The quantitative estimate of drug-likeness (QED) is 0.568. The number of hydrogen-bond acceptors (Lipinski definition) is 4. The standard InChI is InChI=1S/C19H18Cl2N4OS/c1-11-4-5-16(12(2)8-11)25-7-6-22-19(25)27-13(3)18(26)24-17-15(21)9-14(20)10-23-17/h4-10,13H,1-3H3,(H,23,24,26). The Morgan fingerprint density at radius 2 is 2.00 bits per heavy atom. The second-order valence-corrected chi connectivity index (χ2v) is 8.25. The number of pyridine rings is 1. The third-order valence-corrected chi connectivity index (χ3v) is 5.49. The third-order valence-electron chi connectivity index (χ3n) is 3.92. The first-order chi connectivity index (χ1) is 12.8. The summed E-state index contributed by atoms with van der Waals surface area (Å²) in [6.07, 6.45) is 5.06. The molecule has 1 N–H and O–H groups in total. The number of hydrogen-bond donors (Lipinski definition) is 1. The normalized spacial score (nSPS) is 12.0. The lowest BCUT2D eigenvalue weighted by Gasteiger charge is -2.15. The molecule has 0 fully saturated rings. The van der Waals surface area contributed by atoms with Crippen LogP contribution in [0.5, 0.6) is 0 Å². The number of carbonyl (C=O) groups excluding carboxylic acids is 1. The Hall–Kier alpha value is -2.02. The number of rotatable bonds is 5. The van der Waals surface area contributed by atoms with Crippen LogP contribution < -0.4 is 5.32 Å². The van der Waals surface area contributed by atoms with E-state index >= 15 is 0 Å². The van der Waals surface area contributed by atoms with Gasteiger partial charge in [-0.05, 0) is 38.5 Å². The van der Waals surface area contributed by atoms with E-state index in [1.165, 1.54) is 29.6 Å². The van der Waals surface area contributed by atoms with Gasteiger partial charge in [-0.15, -0.1) is 0 Å². The van der Waals surface area contributed by atoms with Crippen molar-refractivity contribution in [3.63, 3.8) is 0 Å². The van der Waals surface area contributed by atoms with Gasteiger partial charge in [-0.1, -0.05) is 52.7 Å². The highest BCUT2D eigenvalue weighted by Crippen LogP contribution is 2.28. The van der Waals surface area contributed by atoms with Crippen molar-refractivity contribution in [1.29, 1.82) is 0 Å². The van der Waals surface area contributed by atoms with Gasteiger partial charge < -0.3 is 5.32 Å². The number of imidazole rings is 1. The number of amides is 1. The minimum atomic E-state index is -0.398. The zero-order valence-corrected chi connectivity index (χ0v) is 17.4. The molecule has 0 aliphatic rings. The Bertz CT molecular complexity index is 990. The SMILES string of the molecule is Cc1ccc(-n2ccnc2SC(C)C(=O)Nc2ncc(Cl)cc2Cl)c(C)c1. The van der Waals surface area contributed by atoms with Crippen molar-refractivity contribution >= 4 is 46.7 Å². The Balaban J connectivity index is 1.76. The first-order valence-corrected chi connectivity index (χ1v) is 9.88. The summed E-state index contributed by atoms with van der Waals surface area (Å²) in [5, 5.41) is 3.78. The summed E-state index contributed by atoms with van der Waals surface area (Å²) in [5.74, 6) is 0.0724. The summed E-state index contributed by atoms with van der Waals surface area (Å²) >= 11 is 13.3. The van der Waals surface area contributed by atoms with E-state index in [0.717, 1.165) is 16.4 Å². The van der Waals surface area contributed by atoms with E-state index in [0.29, 0.717) is 10.0 Å². The van der Waals surface area contributed by atoms with Crippen LogP contribution >= 0.6 is 35.0 Å². The maximum absolute atomic E-state index is 12.5. The smallest absolute Gasteiger partial charge is 0.238 e. The number of nitrogens with zero attached hydrogens (tertiary/aromatic N) is 3. The lowest BCUT2D eigenvalue weighted by atomic mass is 10.1. The summed E-state index contributed by atoms with van der Waals surface area (Å²) in [5.41, 5.74) is 3.38. The molecule has 0 saturated heterocycles. The molecule has 0 saturated carbocycles. The number of thioether (sulfide) groups is 1. The molecule has 0 bridgehead atoms. The second kappa shape index (κ2) is 8.33. The summed E-state index contributed by atoms with van der Waals surface area (Å²) in [4.78, 5) is 21.0. The lowest BCUT2D eigenvalue weighted by Crippen LogP contribution is -2.23. The molecule has 5 nitrogen and oxygen atoms in total. The molecule has 1 amide bonds. The first kappa shape index (κ1) is 19.7. The maximum Gasteiger partial charge on any atom is 0.238 e. The number of aryl methyl sites for hydroxylation is 2. The molecule has 2 heterocycles. The van der Waals surface area contributed by atoms with Crippen LogP contribution in [-0.2, 0) is 4.79 Å². The fourth-order valence-corrected chi connectivity index (χ4v) is 3.88. The Morgan fingerprint density at radius 3 is 2.70 bits per heavy atom. The molecule has 1 atom stereocenters. The molecule has 0 spiro atoms. The van der Waals surface area contributed by atoms with E-state index in [9.17, 15) is 4.79 Å². The van der Waals surface area contributed by atoms with Crippen molar-refractivity contribution in [1.82, 2.24) is 14.5 Å². The summed E-state index contributed by atoms with van der Waals surface area (Å²) < 4.78 is 1.98. The minimum Gasteiger partial charge on any atom is -0.308 e. The molecule has 0 aliphatic carbocycles. The van der Waals surface area contributed by atoms with Gasteiger partial charge in [-0.25, -0.2) is 9.97 Å². The fraction of sp³-hybridized carbons (Fsp3) is 0.211. The van der Waals surface area contributed by atoms with Gasteiger partial charge >= 0.3 is 0 Å². The van der Waals surface area contributed by atoms with E-state index in [-0.39, 0.29) is 11.7 Å². The fourth-order valence-electron chi connectivity index (χ4n) is 2.57. The average molecular weight is 421 g/mol. The molecule has 140 valence electrons. The van der Waals surface area contributed by atoms with E-state index in [4.69, 9.17) is 23.2 Å². The Morgan fingerprint density at radius 1 is 1.22 bits per heavy atom. The van der Waals surface area contributed by atoms with Crippen molar-refractivity contribution in [3.05, 3.63) is 64.0 Å². The van der Waals surface area contributed by atoms with Gasteiger partial charge in [-0.2, -0.15) is 0 Å². The third kappa shape index (κ3) is 4.64. The van der Waals surface area contributed by atoms with Crippen molar-refractivity contribution in [2.45, 2.75) is 31.2 Å². The maximum atomic E-state index is 12.5. The number of halogens is 2. The number of anilines is 1. The average Bonchev–Trinajstić information content (AvgIpc) is 3.05. The predicted molar refractivity (Wildman–Crippen MR) is 111 cm³/mol. The molecular weight excluding hydrogens is 403 g/mol. The number of aromatic nitrogens is 3. The molecule has 3 aromatic rings. The monoisotopic (exact) mass is 420 g/mol. The van der Waals surface area contributed by atoms with Gasteiger partial charge in [0.15, 0.2) is 11.0 Å². The number of benzene rings is 1. The highest BCUT2D eigenvalue weighted by Gasteiger charge is 2.19. The number of carbonyl (C=O) groups is 1. The predicted octanol–water partition coefficient (Wildman–Crippen LogP) is 5.31. The van der Waals surface area contributed by atoms with E-state index in [2.05, 4.69) is 47.3 Å². The van der Waals surface area contributed by atoms with Crippen LogP contribution in [-0.4, -0.2) is 25.7 Å². The van der Waals surface area contributed by atoms with E-state index in [1.807, 2.05) is 17.7 Å². The molecular formula is C19H18Cl2N4OS. The van der Waals surface area contributed by atoms with Crippen LogP contribution in [0.2, 0.25) is 10.0 Å².